The molecule has 4 aromatic heterocycles. The number of pyridine rings is 1. The lowest BCUT2D eigenvalue weighted by molar-refractivity contribution is -0.133. The summed E-state index contributed by atoms with van der Waals surface area (Å²) in [4.78, 5) is 41.5. The van der Waals surface area contributed by atoms with Crippen LogP contribution in [0.2, 0.25) is 0 Å². The zero-order chi connectivity index (χ0) is 31.1. The molecule has 2 aliphatic rings. The first-order chi connectivity index (χ1) is 21.9. The largest absolute Gasteiger partial charge is 0.462 e. The van der Waals surface area contributed by atoms with E-state index in [4.69, 9.17) is 30.2 Å². The number of aromatic nitrogens is 7. The molecule has 2 saturated heterocycles. The van der Waals surface area contributed by atoms with Crippen LogP contribution in [0.1, 0.15) is 13.8 Å². The van der Waals surface area contributed by atoms with Gasteiger partial charge in [0.25, 0.3) is 0 Å². The molecule has 0 aliphatic carbocycles. The number of ether oxygens (including phenoxy) is 2. The summed E-state index contributed by atoms with van der Waals surface area (Å²) in [6.45, 7) is 9.60. The minimum Gasteiger partial charge on any atom is -0.462 e. The maximum Gasteiger partial charge on any atom is 0.346 e. The van der Waals surface area contributed by atoms with Gasteiger partial charge in [0, 0.05) is 24.8 Å². The second kappa shape index (κ2) is 11.8. The molecular weight excluding hydrogens is 601 g/mol. The number of nitrogens with zero attached hydrogens (tertiary/aromatic N) is 10. The van der Waals surface area contributed by atoms with Gasteiger partial charge < -0.3 is 29.9 Å². The lowest BCUT2D eigenvalue weighted by Crippen LogP contribution is -2.71. The maximum atomic E-state index is 14.5. The number of rotatable bonds is 8. The highest BCUT2D eigenvalue weighted by Crippen LogP contribution is 2.37. The Hall–Kier alpha value is -4.54. The van der Waals surface area contributed by atoms with Gasteiger partial charge in [-0.1, -0.05) is 25.2 Å². The van der Waals surface area contributed by atoms with Gasteiger partial charge in [0.1, 0.15) is 36.5 Å². The molecule has 2 aliphatic heterocycles. The van der Waals surface area contributed by atoms with Crippen LogP contribution in [-0.4, -0.2) is 115 Å². The van der Waals surface area contributed by atoms with Crippen molar-refractivity contribution in [2.45, 2.75) is 19.4 Å². The predicted molar refractivity (Wildman–Crippen MR) is 167 cm³/mol. The number of likely N-dealkylation sites (N-methyl/N-ethyl adjacent to an activating group) is 1. The van der Waals surface area contributed by atoms with Crippen LogP contribution in [0.25, 0.3) is 32.4 Å². The molecule has 14 nitrogen and oxygen atoms in total. The standard InChI is InChI=1S/C29H32FN11O3S/c1-3-38(4-2)7-9-43-27-35-22-11-21(18-5-6-20(30)24-23(18)36-26(31)45-24)33-12-19(22)25(37-27)39-8-10-44-29(13-39)14-40(15-29)28(42)41-17-32-16-34-41/h5-6,11-12,16-17H,3-4,7-10,13-15H2,1-2H3,(H2,31,36). The maximum absolute atomic E-state index is 14.5. The number of hydrogen-bond donors (Lipinski definition) is 1. The molecule has 0 bridgehead atoms. The number of amides is 1. The van der Waals surface area contributed by atoms with Crippen LogP contribution in [0.4, 0.5) is 20.1 Å². The van der Waals surface area contributed by atoms with E-state index in [2.05, 4.69) is 38.7 Å². The Morgan fingerprint density at radius 1 is 1.20 bits per heavy atom. The minimum atomic E-state index is -0.548. The molecule has 5 aromatic rings. The van der Waals surface area contributed by atoms with Crippen molar-refractivity contribution >= 4 is 49.4 Å². The van der Waals surface area contributed by atoms with E-state index in [1.54, 1.807) is 17.2 Å². The first-order valence-corrected chi connectivity index (χ1v) is 15.6. The number of hydrogen-bond acceptors (Lipinski definition) is 13. The fourth-order valence-electron chi connectivity index (χ4n) is 5.90. The lowest BCUT2D eigenvalue weighted by Gasteiger charge is -2.53. The number of morpholine rings is 1. The molecule has 1 aromatic carbocycles. The van der Waals surface area contributed by atoms with Crippen molar-refractivity contribution in [1.82, 2.24) is 44.5 Å². The second-order valence-electron chi connectivity index (χ2n) is 11.0. The average Bonchev–Trinajstić information content (AvgIpc) is 3.72. The number of carbonyl (C=O) groups excluding carboxylic acids is 1. The quantitative estimate of drug-likeness (QED) is 0.267. The van der Waals surface area contributed by atoms with E-state index in [1.807, 2.05) is 6.07 Å². The molecule has 0 radical (unpaired) electrons. The third-order valence-corrected chi connectivity index (χ3v) is 9.15. The fourth-order valence-corrected chi connectivity index (χ4v) is 6.66. The Balaban J connectivity index is 1.22. The third-order valence-electron chi connectivity index (χ3n) is 8.25. The summed E-state index contributed by atoms with van der Waals surface area (Å²) in [5.41, 5.74) is 7.70. The van der Waals surface area contributed by atoms with Gasteiger partial charge in [0.05, 0.1) is 53.1 Å². The Labute approximate surface area is 261 Å². The van der Waals surface area contributed by atoms with Crippen molar-refractivity contribution in [3.05, 3.63) is 42.9 Å². The molecule has 16 heteroatoms. The highest BCUT2D eigenvalue weighted by molar-refractivity contribution is 7.22. The van der Waals surface area contributed by atoms with Gasteiger partial charge in [-0.15, -0.1) is 0 Å². The van der Waals surface area contributed by atoms with E-state index >= 15 is 0 Å². The number of nitrogen functional groups attached to an aromatic ring is 1. The summed E-state index contributed by atoms with van der Waals surface area (Å²) < 4.78 is 28.5. The molecule has 2 N–H and O–H groups in total. The molecule has 0 atom stereocenters. The number of benzene rings is 1. The summed E-state index contributed by atoms with van der Waals surface area (Å²) >= 11 is 1.10. The monoisotopic (exact) mass is 633 g/mol. The Bertz CT molecular complexity index is 1860. The summed E-state index contributed by atoms with van der Waals surface area (Å²) in [6, 6.07) is 4.91. The molecule has 2 fully saturated rings. The van der Waals surface area contributed by atoms with Gasteiger partial charge in [-0.2, -0.15) is 19.7 Å². The number of likely N-dealkylation sites (tertiary alicyclic amines) is 1. The molecule has 7 rings (SSSR count). The van der Waals surface area contributed by atoms with E-state index in [-0.39, 0.29) is 23.0 Å². The first kappa shape index (κ1) is 29.2. The lowest BCUT2D eigenvalue weighted by atomic mass is 9.92. The van der Waals surface area contributed by atoms with E-state index in [1.165, 1.54) is 23.4 Å². The normalized spacial score (nSPS) is 16.2. The van der Waals surface area contributed by atoms with E-state index in [0.29, 0.717) is 72.2 Å². The molecule has 45 heavy (non-hydrogen) atoms. The molecule has 0 unspecified atom stereocenters. The summed E-state index contributed by atoms with van der Waals surface area (Å²) in [5.74, 6) is 0.291. The van der Waals surface area contributed by atoms with Crippen molar-refractivity contribution in [3.8, 4) is 17.3 Å². The van der Waals surface area contributed by atoms with Crippen molar-refractivity contribution in [2.75, 3.05) is 69.7 Å². The number of fused-ring (bicyclic) bond motifs is 2. The van der Waals surface area contributed by atoms with E-state index in [0.717, 1.165) is 36.4 Å². The van der Waals surface area contributed by atoms with E-state index < -0.39 is 5.60 Å². The van der Waals surface area contributed by atoms with Crippen molar-refractivity contribution < 1.29 is 18.7 Å². The van der Waals surface area contributed by atoms with Gasteiger partial charge in [0.2, 0.25) is 0 Å². The van der Waals surface area contributed by atoms with Crippen LogP contribution in [0.3, 0.4) is 0 Å². The van der Waals surface area contributed by atoms with Gasteiger partial charge >= 0.3 is 12.0 Å². The highest BCUT2D eigenvalue weighted by Gasteiger charge is 2.50. The van der Waals surface area contributed by atoms with Crippen LogP contribution in [-0.2, 0) is 4.74 Å². The highest BCUT2D eigenvalue weighted by atomic mass is 32.1. The topological polar surface area (TPSA) is 154 Å². The fraction of sp³-hybridized carbons (Fsp3) is 0.414. The Kier molecular flexibility index (Phi) is 7.63. The van der Waals surface area contributed by atoms with Gasteiger partial charge in [0.15, 0.2) is 5.13 Å². The summed E-state index contributed by atoms with van der Waals surface area (Å²) in [5, 5.41) is 4.97. The second-order valence-corrected chi connectivity index (χ2v) is 12.1. The number of halogens is 1. The number of anilines is 2. The molecule has 0 saturated carbocycles. The SMILES string of the molecule is CCN(CC)CCOc1nc(N2CCOC3(CN(C(=O)n4cncn4)C3)C2)c2cnc(-c3ccc(F)c4sc(N)nc34)cc2n1. The molecule has 1 amide bonds. The van der Waals surface area contributed by atoms with Gasteiger partial charge in [-0.3, -0.25) is 4.98 Å². The predicted octanol–water partition coefficient (Wildman–Crippen LogP) is 2.89. The first-order valence-electron chi connectivity index (χ1n) is 14.8. The van der Waals surface area contributed by atoms with Crippen molar-refractivity contribution in [1.29, 1.82) is 0 Å². The molecule has 6 heterocycles. The molecule has 1 spiro atoms. The van der Waals surface area contributed by atoms with Crippen LogP contribution < -0.4 is 15.4 Å². The Morgan fingerprint density at radius 3 is 2.82 bits per heavy atom. The van der Waals surface area contributed by atoms with Crippen molar-refractivity contribution in [2.24, 2.45) is 0 Å². The van der Waals surface area contributed by atoms with E-state index in [9.17, 15) is 9.18 Å². The number of thiazole rings is 1. The van der Waals surface area contributed by atoms with Crippen molar-refractivity contribution in [3.63, 3.8) is 0 Å². The van der Waals surface area contributed by atoms with Crippen LogP contribution in [0, 0.1) is 5.82 Å². The van der Waals surface area contributed by atoms with Crippen LogP contribution >= 0.6 is 11.3 Å². The van der Waals surface area contributed by atoms with Gasteiger partial charge in [-0.25, -0.2) is 19.2 Å². The molecular formula is C29H32FN11O3S. The van der Waals surface area contributed by atoms with Gasteiger partial charge in [-0.05, 0) is 31.3 Å². The minimum absolute atomic E-state index is 0.247. The third kappa shape index (κ3) is 5.49. The van der Waals surface area contributed by atoms with Crippen LogP contribution in [0.15, 0.2) is 37.1 Å². The smallest absolute Gasteiger partial charge is 0.346 e. The Morgan fingerprint density at radius 2 is 2.04 bits per heavy atom. The summed E-state index contributed by atoms with van der Waals surface area (Å²) in [6.07, 6.45) is 4.45. The summed E-state index contributed by atoms with van der Waals surface area (Å²) in [7, 11) is 0. The average molecular weight is 634 g/mol. The van der Waals surface area contributed by atoms with Crippen LogP contribution in [0.5, 0.6) is 6.01 Å². The number of carbonyl (C=O) groups is 1. The zero-order valence-corrected chi connectivity index (χ0v) is 25.7. The molecule has 234 valence electrons. The zero-order valence-electron chi connectivity index (χ0n) is 24.9. The number of nitrogens with two attached hydrogens (primary N) is 1.